The largest absolute Gasteiger partial charge is 0.479 e. The molecule has 0 saturated carbocycles. The van der Waals surface area contributed by atoms with E-state index in [9.17, 15) is 9.59 Å². The van der Waals surface area contributed by atoms with E-state index in [1.54, 1.807) is 12.0 Å². The first-order valence-electron chi connectivity index (χ1n) is 11.9. The molecule has 1 aromatic heterocycles. The number of aromatic nitrogens is 2. The van der Waals surface area contributed by atoms with Crippen LogP contribution in [0, 0.1) is 26.2 Å². The Morgan fingerprint density at radius 1 is 1.18 bits per heavy atom. The molecule has 0 N–H and O–H groups in total. The summed E-state index contributed by atoms with van der Waals surface area (Å²) in [7, 11) is 1.62. The van der Waals surface area contributed by atoms with E-state index in [1.807, 2.05) is 52.8 Å². The van der Waals surface area contributed by atoms with Crippen LogP contribution < -0.4 is 15.4 Å². The van der Waals surface area contributed by atoms with Gasteiger partial charge in [-0.25, -0.2) is 4.79 Å². The molecule has 0 aliphatic heterocycles. The van der Waals surface area contributed by atoms with Gasteiger partial charge in [0.25, 0.3) is 0 Å². The molecular weight excluding hydrogens is 565 g/mol. The van der Waals surface area contributed by atoms with Crippen LogP contribution in [0.1, 0.15) is 37.8 Å². The van der Waals surface area contributed by atoms with E-state index in [0.29, 0.717) is 30.5 Å². The Morgan fingerprint density at radius 3 is 2.33 bits per heavy atom. The number of nitrogens with zero attached hydrogens (tertiary/aromatic N) is 3. The second-order valence-electron chi connectivity index (χ2n) is 9.47. The third-order valence-corrected chi connectivity index (χ3v) is 6.20. The number of halogens is 3. The van der Waals surface area contributed by atoms with Crippen molar-refractivity contribution in [2.75, 3.05) is 37.6 Å². The molecule has 0 aliphatic rings. The van der Waals surface area contributed by atoms with E-state index < -0.39 is 11.2 Å². The fourth-order valence-corrected chi connectivity index (χ4v) is 4.15. The smallest absolute Gasteiger partial charge is 0.442 e. The second-order valence-corrected chi connectivity index (χ2v) is 10.6. The first-order valence-corrected chi connectivity index (χ1v) is 13.2. The Labute approximate surface area is 243 Å². The normalized spacial score (nSPS) is 10.9. The van der Waals surface area contributed by atoms with Crippen LogP contribution in [0.3, 0.4) is 0 Å². The molecular formula is C28H32Cl3N3O5. The van der Waals surface area contributed by atoms with Crippen molar-refractivity contribution in [3.05, 3.63) is 67.9 Å². The number of ether oxygens (including phenoxy) is 2. The lowest BCUT2D eigenvalue weighted by Crippen LogP contribution is -2.35. The summed E-state index contributed by atoms with van der Waals surface area (Å²) in [6.07, 6.45) is 5.15. The van der Waals surface area contributed by atoms with Crippen LogP contribution in [0.25, 0.3) is 5.69 Å². The van der Waals surface area contributed by atoms with E-state index in [2.05, 4.69) is 11.0 Å². The molecule has 39 heavy (non-hydrogen) atoms. The van der Waals surface area contributed by atoms with Gasteiger partial charge in [0.2, 0.25) is 11.8 Å². The van der Waals surface area contributed by atoms with E-state index in [0.717, 1.165) is 21.5 Å². The van der Waals surface area contributed by atoms with Gasteiger partial charge in [-0.1, -0.05) is 68.1 Å². The molecule has 0 radical (unpaired) electrons. The first kappa shape index (κ1) is 32.3. The summed E-state index contributed by atoms with van der Waals surface area (Å²) in [5, 5.41) is 4.71. The average molecular weight is 597 g/mol. The molecule has 3 aromatic rings. The highest BCUT2D eigenvalue weighted by atomic mass is 35.5. The molecule has 210 valence electrons. The van der Waals surface area contributed by atoms with Crippen molar-refractivity contribution in [2.24, 2.45) is 0 Å². The summed E-state index contributed by atoms with van der Waals surface area (Å²) >= 11 is 17.8. The van der Waals surface area contributed by atoms with Gasteiger partial charge in [-0.15, -0.1) is 23.1 Å². The van der Waals surface area contributed by atoms with Gasteiger partial charge < -0.3 is 18.8 Å². The maximum absolute atomic E-state index is 12.0. The Balaban J connectivity index is 0.000000283. The number of carbonyl (C=O) groups is 1. The average Bonchev–Trinajstić information content (AvgIpc) is 3.27. The van der Waals surface area contributed by atoms with E-state index in [1.165, 1.54) is 12.1 Å². The van der Waals surface area contributed by atoms with Gasteiger partial charge in [0.05, 0.1) is 22.3 Å². The highest BCUT2D eigenvalue weighted by Crippen LogP contribution is 2.33. The van der Waals surface area contributed by atoms with Crippen molar-refractivity contribution in [1.82, 2.24) is 9.78 Å². The van der Waals surface area contributed by atoms with Crippen molar-refractivity contribution in [2.45, 2.75) is 40.0 Å². The zero-order chi connectivity index (χ0) is 29.3. The highest BCUT2D eigenvalue weighted by Gasteiger charge is 2.24. The third kappa shape index (κ3) is 8.51. The number of hydrogen-bond donors (Lipinski definition) is 0. The SMILES string of the molecule is C#CCOc1cc(-n2nc(C(C)(C)C)oc2=O)c(Cl)cc1Cl.COCCN(C(=O)CCl)c1c(C)cccc1C. The van der Waals surface area contributed by atoms with Crippen LogP contribution in [-0.4, -0.2) is 48.4 Å². The number of methoxy groups -OCH3 is 1. The van der Waals surface area contributed by atoms with Crippen molar-refractivity contribution < 1.29 is 18.7 Å². The summed E-state index contributed by atoms with van der Waals surface area (Å²) in [6, 6.07) is 8.92. The summed E-state index contributed by atoms with van der Waals surface area (Å²) in [5.74, 6) is 2.19. The van der Waals surface area contributed by atoms with Crippen molar-refractivity contribution in [1.29, 1.82) is 0 Å². The molecule has 0 bridgehead atoms. The minimum atomic E-state index is -0.642. The lowest BCUT2D eigenvalue weighted by molar-refractivity contribution is -0.116. The molecule has 0 spiro atoms. The van der Waals surface area contributed by atoms with Gasteiger partial charge in [0.15, 0.2) is 0 Å². The molecule has 0 fully saturated rings. The number of hydrogen-bond acceptors (Lipinski definition) is 6. The quantitative estimate of drug-likeness (QED) is 0.235. The number of rotatable bonds is 8. The highest BCUT2D eigenvalue weighted by molar-refractivity contribution is 6.36. The number of para-hydroxylation sites is 1. The predicted molar refractivity (Wildman–Crippen MR) is 156 cm³/mol. The lowest BCUT2D eigenvalue weighted by Gasteiger charge is -2.25. The van der Waals surface area contributed by atoms with Crippen LogP contribution in [0.4, 0.5) is 5.69 Å². The predicted octanol–water partition coefficient (Wildman–Crippen LogP) is 5.96. The van der Waals surface area contributed by atoms with Crippen LogP contribution in [0.2, 0.25) is 10.0 Å². The lowest BCUT2D eigenvalue weighted by atomic mass is 9.97. The number of alkyl halides is 1. The van der Waals surface area contributed by atoms with Crippen LogP contribution >= 0.6 is 34.8 Å². The Hall–Kier alpha value is -2.96. The van der Waals surface area contributed by atoms with Crippen LogP contribution in [0.5, 0.6) is 5.75 Å². The van der Waals surface area contributed by atoms with Gasteiger partial charge in [-0.3, -0.25) is 4.79 Å². The maximum Gasteiger partial charge on any atom is 0.442 e. The van der Waals surface area contributed by atoms with Crippen molar-refractivity contribution >= 4 is 46.4 Å². The van der Waals surface area contributed by atoms with E-state index in [4.69, 9.17) is 55.1 Å². The molecule has 0 aliphatic carbocycles. The van der Waals surface area contributed by atoms with E-state index >= 15 is 0 Å². The monoisotopic (exact) mass is 595 g/mol. The topological polar surface area (TPSA) is 86.8 Å². The minimum absolute atomic E-state index is 0.0164. The molecule has 1 amide bonds. The molecule has 2 aromatic carbocycles. The van der Waals surface area contributed by atoms with E-state index in [-0.39, 0.29) is 28.4 Å². The summed E-state index contributed by atoms with van der Waals surface area (Å²) < 4.78 is 16.6. The van der Waals surface area contributed by atoms with Crippen molar-refractivity contribution in [3.8, 4) is 23.8 Å². The fourth-order valence-electron chi connectivity index (χ4n) is 3.49. The second kappa shape index (κ2) is 14.4. The van der Waals surface area contributed by atoms with Gasteiger partial charge >= 0.3 is 5.76 Å². The van der Waals surface area contributed by atoms with Gasteiger partial charge in [0, 0.05) is 30.8 Å². The summed E-state index contributed by atoms with van der Waals surface area (Å²) in [5.41, 5.74) is 2.98. The van der Waals surface area contributed by atoms with Crippen LogP contribution in [-0.2, 0) is 14.9 Å². The molecule has 0 atom stereocenters. The standard InChI is InChI=1S/C15H14Cl2N2O3.C13H18ClNO2/c1-5-6-21-12-8-11(9(16)7-10(12)17)19-14(20)22-13(18-19)15(2,3)4;1-10-5-4-6-11(2)13(10)15(7-8-17-3)12(16)9-14/h1,7-8H,6H2,2-4H3;4-6H,7-9H2,1-3H3. The minimum Gasteiger partial charge on any atom is -0.479 e. The number of aryl methyl sites for hydroxylation is 2. The molecule has 8 nitrogen and oxygen atoms in total. The molecule has 0 saturated heterocycles. The fraction of sp³-hybridized carbons (Fsp3) is 0.393. The van der Waals surface area contributed by atoms with Crippen molar-refractivity contribution in [3.63, 3.8) is 0 Å². The summed E-state index contributed by atoms with van der Waals surface area (Å²) in [4.78, 5) is 25.6. The number of terminal acetylenes is 1. The Kier molecular flexibility index (Phi) is 11.9. The number of anilines is 1. The molecule has 1 heterocycles. The zero-order valence-electron chi connectivity index (χ0n) is 22.8. The zero-order valence-corrected chi connectivity index (χ0v) is 25.1. The first-order chi connectivity index (χ1) is 18.3. The number of carbonyl (C=O) groups excluding carboxylic acids is 1. The van der Waals surface area contributed by atoms with Gasteiger partial charge in [0.1, 0.15) is 18.2 Å². The van der Waals surface area contributed by atoms with Gasteiger partial charge in [-0.2, -0.15) is 4.68 Å². The Morgan fingerprint density at radius 2 is 1.82 bits per heavy atom. The van der Waals surface area contributed by atoms with Crippen LogP contribution in [0.15, 0.2) is 39.5 Å². The number of amides is 1. The molecule has 0 unspecified atom stereocenters. The number of benzene rings is 2. The summed E-state index contributed by atoms with van der Waals surface area (Å²) in [6.45, 7) is 10.7. The van der Waals surface area contributed by atoms with Gasteiger partial charge in [-0.05, 0) is 31.0 Å². The molecule has 3 rings (SSSR count). The maximum atomic E-state index is 12.0. The third-order valence-electron chi connectivity index (χ3n) is 5.37. The Bertz CT molecular complexity index is 1370. The molecule has 11 heteroatoms.